The zero-order valence-electron chi connectivity index (χ0n) is 11.2. The Morgan fingerprint density at radius 3 is 2.32 bits per heavy atom. The first-order valence-electron chi connectivity index (χ1n) is 6.89. The molecule has 2 aliphatic rings. The van der Waals surface area contributed by atoms with Gasteiger partial charge >= 0.3 is 0 Å². The van der Waals surface area contributed by atoms with Crippen molar-refractivity contribution < 1.29 is 14.4 Å². The highest BCUT2D eigenvalue weighted by Crippen LogP contribution is 2.37. The number of hydrogen-bond donors (Lipinski definition) is 2. The number of nitrogens with zero attached hydrogens (tertiary/aromatic N) is 1. The summed E-state index contributed by atoms with van der Waals surface area (Å²) in [6, 6.07) is -0.150. The SMILES string of the molecule is C[C@@H](CN)NC(=O)CN1C(=O)C2CCCCC2C1=O. The lowest BCUT2D eigenvalue weighted by molar-refractivity contribution is -0.143. The van der Waals surface area contributed by atoms with Gasteiger partial charge in [0.2, 0.25) is 17.7 Å². The molecule has 0 radical (unpaired) electrons. The van der Waals surface area contributed by atoms with E-state index in [1.54, 1.807) is 6.92 Å². The molecule has 1 saturated carbocycles. The molecule has 2 rings (SSSR count). The van der Waals surface area contributed by atoms with Crippen LogP contribution >= 0.6 is 0 Å². The average Bonchev–Trinajstić information content (AvgIpc) is 2.64. The first kappa shape index (κ1) is 14.0. The predicted molar refractivity (Wildman–Crippen MR) is 68.8 cm³/mol. The molecule has 1 heterocycles. The molecule has 0 aromatic heterocycles. The number of carbonyl (C=O) groups is 3. The molecule has 0 aromatic rings. The maximum absolute atomic E-state index is 12.1. The number of amides is 3. The van der Waals surface area contributed by atoms with Gasteiger partial charge < -0.3 is 11.1 Å². The van der Waals surface area contributed by atoms with Gasteiger partial charge in [-0.3, -0.25) is 19.3 Å². The second-order valence-electron chi connectivity index (χ2n) is 5.46. The van der Waals surface area contributed by atoms with E-state index in [2.05, 4.69) is 5.32 Å². The molecule has 1 aliphatic heterocycles. The van der Waals surface area contributed by atoms with Crippen molar-refractivity contribution in [2.24, 2.45) is 17.6 Å². The summed E-state index contributed by atoms with van der Waals surface area (Å²) in [5, 5.41) is 2.67. The second kappa shape index (κ2) is 5.69. The number of nitrogens with one attached hydrogen (secondary N) is 1. The van der Waals surface area contributed by atoms with E-state index in [1.807, 2.05) is 0 Å². The lowest BCUT2D eigenvalue weighted by Crippen LogP contribution is -2.45. The van der Waals surface area contributed by atoms with E-state index in [-0.39, 0.29) is 42.1 Å². The third-order valence-corrected chi connectivity index (χ3v) is 4.00. The molecule has 2 unspecified atom stereocenters. The van der Waals surface area contributed by atoms with Gasteiger partial charge in [0.25, 0.3) is 0 Å². The van der Waals surface area contributed by atoms with E-state index in [9.17, 15) is 14.4 Å². The summed E-state index contributed by atoms with van der Waals surface area (Å²) in [6.45, 7) is 1.94. The minimum absolute atomic E-state index is 0.150. The summed E-state index contributed by atoms with van der Waals surface area (Å²) >= 11 is 0. The van der Waals surface area contributed by atoms with E-state index in [1.165, 1.54) is 0 Å². The smallest absolute Gasteiger partial charge is 0.240 e. The third kappa shape index (κ3) is 2.78. The molecule has 0 aromatic carbocycles. The van der Waals surface area contributed by atoms with Gasteiger partial charge in [-0.25, -0.2) is 0 Å². The van der Waals surface area contributed by atoms with Crippen LogP contribution < -0.4 is 11.1 Å². The molecule has 19 heavy (non-hydrogen) atoms. The van der Waals surface area contributed by atoms with Crippen molar-refractivity contribution in [3.63, 3.8) is 0 Å². The van der Waals surface area contributed by atoms with Crippen molar-refractivity contribution in [3.05, 3.63) is 0 Å². The first-order chi connectivity index (χ1) is 9.04. The predicted octanol–water partition coefficient (Wildman–Crippen LogP) is -0.375. The normalized spacial score (nSPS) is 28.2. The lowest BCUT2D eigenvalue weighted by Gasteiger charge is -2.19. The van der Waals surface area contributed by atoms with Crippen molar-refractivity contribution >= 4 is 17.7 Å². The fraction of sp³-hybridized carbons (Fsp3) is 0.769. The zero-order chi connectivity index (χ0) is 14.0. The minimum atomic E-state index is -0.321. The van der Waals surface area contributed by atoms with E-state index >= 15 is 0 Å². The van der Waals surface area contributed by atoms with Crippen LogP contribution in [0.1, 0.15) is 32.6 Å². The molecule has 1 aliphatic carbocycles. The maximum atomic E-state index is 12.1. The molecule has 2 fully saturated rings. The van der Waals surface area contributed by atoms with Gasteiger partial charge in [0.05, 0.1) is 11.8 Å². The molecule has 106 valence electrons. The van der Waals surface area contributed by atoms with E-state index < -0.39 is 0 Å². The molecule has 1 saturated heterocycles. The average molecular weight is 267 g/mol. The van der Waals surface area contributed by atoms with E-state index in [0.717, 1.165) is 30.6 Å². The van der Waals surface area contributed by atoms with Crippen LogP contribution in [0.5, 0.6) is 0 Å². The second-order valence-corrected chi connectivity index (χ2v) is 5.46. The molecular weight excluding hydrogens is 246 g/mol. The highest BCUT2D eigenvalue weighted by atomic mass is 16.2. The maximum Gasteiger partial charge on any atom is 0.240 e. The van der Waals surface area contributed by atoms with Gasteiger partial charge in [-0.2, -0.15) is 0 Å². The highest BCUT2D eigenvalue weighted by Gasteiger charge is 2.48. The molecule has 0 spiro atoms. The number of nitrogens with two attached hydrogens (primary N) is 1. The molecule has 3 atom stereocenters. The molecular formula is C13H21N3O3. The zero-order valence-corrected chi connectivity index (χ0v) is 11.2. The number of hydrogen-bond acceptors (Lipinski definition) is 4. The van der Waals surface area contributed by atoms with Crippen molar-refractivity contribution in [2.45, 2.75) is 38.6 Å². The summed E-state index contributed by atoms with van der Waals surface area (Å²) in [4.78, 5) is 37.2. The molecule has 3 N–H and O–H groups in total. The van der Waals surface area contributed by atoms with Gasteiger partial charge in [-0.15, -0.1) is 0 Å². The fourth-order valence-corrected chi connectivity index (χ4v) is 2.91. The summed E-state index contributed by atoms with van der Waals surface area (Å²) in [5.74, 6) is -1.06. The Hall–Kier alpha value is -1.43. The molecule has 0 bridgehead atoms. The quantitative estimate of drug-likeness (QED) is 0.679. The van der Waals surface area contributed by atoms with Crippen LogP contribution in [0.3, 0.4) is 0 Å². The van der Waals surface area contributed by atoms with E-state index in [4.69, 9.17) is 5.73 Å². The standard InChI is InChI=1S/C13H21N3O3/c1-8(6-14)15-11(17)7-16-12(18)9-4-2-3-5-10(9)13(16)19/h8-10H,2-7,14H2,1H3,(H,15,17)/t8-,9?,10?/m0/s1. The monoisotopic (exact) mass is 267 g/mol. The Kier molecular flexibility index (Phi) is 4.19. The van der Waals surface area contributed by atoms with Gasteiger partial charge in [0.15, 0.2) is 0 Å². The molecule has 6 heteroatoms. The summed E-state index contributed by atoms with van der Waals surface area (Å²) < 4.78 is 0. The minimum Gasteiger partial charge on any atom is -0.351 e. The van der Waals surface area contributed by atoms with Crippen molar-refractivity contribution in [3.8, 4) is 0 Å². The lowest BCUT2D eigenvalue weighted by atomic mass is 9.81. The van der Waals surface area contributed by atoms with Crippen molar-refractivity contribution in [1.29, 1.82) is 0 Å². The van der Waals surface area contributed by atoms with Crippen molar-refractivity contribution in [2.75, 3.05) is 13.1 Å². The van der Waals surface area contributed by atoms with Crippen LogP contribution in [0, 0.1) is 11.8 Å². The first-order valence-corrected chi connectivity index (χ1v) is 6.89. The highest BCUT2D eigenvalue weighted by molar-refractivity contribution is 6.07. The van der Waals surface area contributed by atoms with Crippen LogP contribution in [-0.2, 0) is 14.4 Å². The number of likely N-dealkylation sites (tertiary alicyclic amines) is 1. The van der Waals surface area contributed by atoms with Crippen LogP contribution in [-0.4, -0.2) is 41.8 Å². The Morgan fingerprint density at radius 2 is 1.84 bits per heavy atom. The van der Waals surface area contributed by atoms with Crippen LogP contribution in [0.2, 0.25) is 0 Å². The van der Waals surface area contributed by atoms with Gasteiger partial charge in [-0.1, -0.05) is 12.8 Å². The largest absolute Gasteiger partial charge is 0.351 e. The topological polar surface area (TPSA) is 92.5 Å². The van der Waals surface area contributed by atoms with Crippen LogP contribution in [0.15, 0.2) is 0 Å². The summed E-state index contributed by atoms with van der Waals surface area (Å²) in [7, 11) is 0. The number of imide groups is 1. The van der Waals surface area contributed by atoms with Gasteiger partial charge in [-0.05, 0) is 19.8 Å². The Labute approximate surface area is 112 Å². The van der Waals surface area contributed by atoms with E-state index in [0.29, 0.717) is 6.54 Å². The number of fused-ring (bicyclic) bond motifs is 1. The van der Waals surface area contributed by atoms with Crippen LogP contribution in [0.4, 0.5) is 0 Å². The molecule has 6 nitrogen and oxygen atoms in total. The number of carbonyl (C=O) groups excluding carboxylic acids is 3. The third-order valence-electron chi connectivity index (χ3n) is 4.00. The van der Waals surface area contributed by atoms with Crippen molar-refractivity contribution in [1.82, 2.24) is 10.2 Å². The Bertz CT molecular complexity index is 373. The fourth-order valence-electron chi connectivity index (χ4n) is 2.91. The Balaban J connectivity index is 1.98. The van der Waals surface area contributed by atoms with Gasteiger partial charge in [0, 0.05) is 12.6 Å². The number of rotatable bonds is 4. The van der Waals surface area contributed by atoms with Crippen LogP contribution in [0.25, 0.3) is 0 Å². The summed E-state index contributed by atoms with van der Waals surface area (Å²) in [5.41, 5.74) is 5.42. The van der Waals surface area contributed by atoms with Gasteiger partial charge in [0.1, 0.15) is 6.54 Å². The Morgan fingerprint density at radius 1 is 1.32 bits per heavy atom. The summed E-state index contributed by atoms with van der Waals surface area (Å²) in [6.07, 6.45) is 3.52. The molecule has 3 amide bonds.